The molecule has 23 heavy (non-hydrogen) atoms. The van der Waals surface area contributed by atoms with Crippen LogP contribution in [0.2, 0.25) is 5.02 Å². The van der Waals surface area contributed by atoms with Gasteiger partial charge in [-0.3, -0.25) is 14.9 Å². The van der Waals surface area contributed by atoms with Crippen LogP contribution in [-0.4, -0.2) is 10.7 Å². The Labute approximate surface area is 143 Å². The molecule has 0 saturated heterocycles. The number of anilines is 1. The molecule has 0 saturated carbocycles. The van der Waals surface area contributed by atoms with Gasteiger partial charge in [-0.25, -0.2) is 4.39 Å². The van der Waals surface area contributed by atoms with E-state index in [-0.39, 0.29) is 26.3 Å². The minimum atomic E-state index is -0.740. The molecule has 0 aromatic heterocycles. The molecule has 2 rings (SSSR count). The maximum Gasteiger partial charge on any atom is 0.282 e. The first-order chi connectivity index (χ1) is 10.8. The van der Waals surface area contributed by atoms with E-state index in [1.807, 2.05) is 0 Å². The number of nitrogens with two attached hydrogens (primary N) is 1. The lowest BCUT2D eigenvalue weighted by Crippen LogP contribution is -2.10. The molecular formula is C15H9BrClFN2O3. The van der Waals surface area contributed by atoms with E-state index in [2.05, 4.69) is 22.5 Å². The second kappa shape index (κ2) is 6.47. The third-order valence-electron chi connectivity index (χ3n) is 3.13. The van der Waals surface area contributed by atoms with Crippen molar-refractivity contribution in [1.82, 2.24) is 0 Å². The Balaban J connectivity index is 2.75. The number of halogens is 3. The number of ketones is 1. The van der Waals surface area contributed by atoms with E-state index in [1.165, 1.54) is 6.08 Å². The van der Waals surface area contributed by atoms with Crippen LogP contribution >= 0.6 is 27.5 Å². The van der Waals surface area contributed by atoms with E-state index in [0.717, 1.165) is 24.3 Å². The average Bonchev–Trinajstić information content (AvgIpc) is 2.48. The van der Waals surface area contributed by atoms with E-state index in [4.69, 9.17) is 17.3 Å². The first-order valence-corrected chi connectivity index (χ1v) is 7.33. The average molecular weight is 400 g/mol. The number of nitrogens with zero attached hydrogens (tertiary/aromatic N) is 1. The predicted molar refractivity (Wildman–Crippen MR) is 90.1 cm³/mol. The Morgan fingerprint density at radius 2 is 2.09 bits per heavy atom. The van der Waals surface area contributed by atoms with Gasteiger partial charge in [-0.05, 0) is 34.1 Å². The van der Waals surface area contributed by atoms with Gasteiger partial charge in [0.05, 0.1) is 20.1 Å². The van der Waals surface area contributed by atoms with Gasteiger partial charge in [-0.1, -0.05) is 24.3 Å². The number of carbonyl (C=O) groups excluding carboxylic acids is 1. The summed E-state index contributed by atoms with van der Waals surface area (Å²) in [4.78, 5) is 23.2. The lowest BCUT2D eigenvalue weighted by Gasteiger charge is -2.11. The second-order valence-corrected chi connectivity index (χ2v) is 5.70. The topological polar surface area (TPSA) is 86.2 Å². The summed E-state index contributed by atoms with van der Waals surface area (Å²) >= 11 is 8.98. The maximum atomic E-state index is 13.1. The van der Waals surface area contributed by atoms with Gasteiger partial charge < -0.3 is 5.73 Å². The summed E-state index contributed by atoms with van der Waals surface area (Å²) in [7, 11) is 0. The largest absolute Gasteiger partial charge is 0.397 e. The minimum absolute atomic E-state index is 0.0620. The quantitative estimate of drug-likeness (QED) is 0.352. The molecule has 2 N–H and O–H groups in total. The highest BCUT2D eigenvalue weighted by molar-refractivity contribution is 9.10. The second-order valence-electron chi connectivity index (χ2n) is 4.50. The summed E-state index contributed by atoms with van der Waals surface area (Å²) < 4.78 is 13.2. The van der Waals surface area contributed by atoms with Crippen molar-refractivity contribution in [3.05, 3.63) is 73.0 Å². The monoisotopic (exact) mass is 398 g/mol. The molecule has 2 aromatic carbocycles. The third-order valence-corrected chi connectivity index (χ3v) is 4.27. The van der Waals surface area contributed by atoms with Crippen LogP contribution in [0.15, 0.2) is 35.3 Å². The normalized spacial score (nSPS) is 10.4. The lowest BCUT2D eigenvalue weighted by atomic mass is 9.98. The van der Waals surface area contributed by atoms with Crippen molar-refractivity contribution in [2.75, 3.05) is 5.73 Å². The van der Waals surface area contributed by atoms with Crippen LogP contribution in [0.3, 0.4) is 0 Å². The lowest BCUT2D eigenvalue weighted by molar-refractivity contribution is -0.385. The number of carbonyl (C=O) groups is 1. The number of hydrogen-bond acceptors (Lipinski definition) is 4. The predicted octanol–water partition coefficient (Wildman–Crippen LogP) is 4.61. The highest BCUT2D eigenvalue weighted by atomic mass is 79.9. The van der Waals surface area contributed by atoms with Crippen molar-refractivity contribution in [1.29, 1.82) is 0 Å². The van der Waals surface area contributed by atoms with Crippen LogP contribution in [-0.2, 0) is 0 Å². The van der Waals surface area contributed by atoms with Gasteiger partial charge in [-0.15, -0.1) is 0 Å². The molecule has 118 valence electrons. The molecule has 0 heterocycles. The summed E-state index contributed by atoms with van der Waals surface area (Å²) in [5.74, 6) is -1.36. The molecular weight excluding hydrogens is 391 g/mol. The fourth-order valence-electron chi connectivity index (χ4n) is 2.01. The standard InChI is InChI=1S/C15H9BrClFN2O3/c1-2-7-5-11(20(22)23)12(13(16)14(7)19)15(21)9-4-3-8(18)6-10(9)17/h2-6H,1,19H2. The van der Waals surface area contributed by atoms with Crippen molar-refractivity contribution >= 4 is 50.8 Å². The summed E-state index contributed by atoms with van der Waals surface area (Å²) in [5, 5.41) is 11.1. The van der Waals surface area contributed by atoms with Crippen LogP contribution in [0.1, 0.15) is 21.5 Å². The van der Waals surface area contributed by atoms with E-state index >= 15 is 0 Å². The molecule has 0 aliphatic carbocycles. The Morgan fingerprint density at radius 3 is 2.61 bits per heavy atom. The first-order valence-electron chi connectivity index (χ1n) is 6.16. The van der Waals surface area contributed by atoms with Crippen molar-refractivity contribution < 1.29 is 14.1 Å². The van der Waals surface area contributed by atoms with Gasteiger partial charge in [0.2, 0.25) is 5.78 Å². The van der Waals surface area contributed by atoms with Crippen molar-refractivity contribution in [3.63, 3.8) is 0 Å². The zero-order valence-corrected chi connectivity index (χ0v) is 13.8. The summed E-state index contributed by atoms with van der Waals surface area (Å²) in [6, 6.07) is 4.31. The molecule has 2 aromatic rings. The number of benzene rings is 2. The van der Waals surface area contributed by atoms with Gasteiger partial charge >= 0.3 is 0 Å². The Kier molecular flexibility index (Phi) is 4.82. The molecule has 0 unspecified atom stereocenters. The molecule has 0 fully saturated rings. The zero-order chi connectivity index (χ0) is 17.3. The van der Waals surface area contributed by atoms with Crippen molar-refractivity contribution in [2.24, 2.45) is 0 Å². The number of hydrogen-bond donors (Lipinski definition) is 1. The molecule has 0 radical (unpaired) electrons. The molecule has 0 bridgehead atoms. The van der Waals surface area contributed by atoms with Gasteiger partial charge in [0, 0.05) is 17.2 Å². The molecule has 0 amide bonds. The van der Waals surface area contributed by atoms with Crippen LogP contribution in [0.5, 0.6) is 0 Å². The van der Waals surface area contributed by atoms with Gasteiger partial charge in [0.15, 0.2) is 0 Å². The van der Waals surface area contributed by atoms with Gasteiger partial charge in [-0.2, -0.15) is 0 Å². The zero-order valence-electron chi connectivity index (χ0n) is 11.5. The number of nitro benzene ring substituents is 1. The number of rotatable bonds is 4. The smallest absolute Gasteiger partial charge is 0.282 e. The van der Waals surface area contributed by atoms with Crippen LogP contribution < -0.4 is 5.73 Å². The number of nitro groups is 1. The van der Waals surface area contributed by atoms with E-state index in [0.29, 0.717) is 5.56 Å². The Morgan fingerprint density at radius 1 is 1.43 bits per heavy atom. The fourth-order valence-corrected chi connectivity index (χ4v) is 2.87. The van der Waals surface area contributed by atoms with Gasteiger partial charge in [0.1, 0.15) is 11.4 Å². The Hall–Kier alpha value is -2.25. The third kappa shape index (κ3) is 3.11. The summed E-state index contributed by atoms with van der Waals surface area (Å²) in [6.07, 6.45) is 1.34. The molecule has 0 spiro atoms. The van der Waals surface area contributed by atoms with E-state index < -0.39 is 22.2 Å². The summed E-state index contributed by atoms with van der Waals surface area (Å²) in [6.45, 7) is 3.52. The highest BCUT2D eigenvalue weighted by Crippen LogP contribution is 2.37. The van der Waals surface area contributed by atoms with Crippen LogP contribution in [0.4, 0.5) is 15.8 Å². The van der Waals surface area contributed by atoms with Crippen molar-refractivity contribution in [3.8, 4) is 0 Å². The molecule has 8 heteroatoms. The SMILES string of the molecule is C=Cc1cc([N+](=O)[O-])c(C(=O)c2ccc(F)cc2Cl)c(Br)c1N. The Bertz CT molecular complexity index is 855. The first kappa shape index (κ1) is 17.1. The molecule has 0 atom stereocenters. The maximum absolute atomic E-state index is 13.1. The highest BCUT2D eigenvalue weighted by Gasteiger charge is 2.28. The van der Waals surface area contributed by atoms with Crippen molar-refractivity contribution in [2.45, 2.75) is 0 Å². The van der Waals surface area contributed by atoms with Gasteiger partial charge in [0.25, 0.3) is 5.69 Å². The summed E-state index contributed by atoms with van der Waals surface area (Å²) in [5.41, 5.74) is 5.52. The molecule has 0 aliphatic heterocycles. The molecule has 0 aliphatic rings. The van der Waals surface area contributed by atoms with E-state index in [1.54, 1.807) is 0 Å². The molecule has 5 nitrogen and oxygen atoms in total. The fraction of sp³-hybridized carbons (Fsp3) is 0. The minimum Gasteiger partial charge on any atom is -0.397 e. The van der Waals surface area contributed by atoms with Crippen LogP contribution in [0, 0.1) is 15.9 Å². The van der Waals surface area contributed by atoms with Crippen LogP contribution in [0.25, 0.3) is 6.08 Å². The van der Waals surface area contributed by atoms with E-state index in [9.17, 15) is 19.3 Å². The number of nitrogen functional groups attached to an aromatic ring is 1.